The van der Waals surface area contributed by atoms with E-state index in [0.29, 0.717) is 25.7 Å². The molecule has 2 heterocycles. The van der Waals surface area contributed by atoms with Gasteiger partial charge in [-0.25, -0.2) is 9.97 Å². The summed E-state index contributed by atoms with van der Waals surface area (Å²) in [6.07, 6.45) is 0. The molecule has 2 N–H and O–H groups in total. The molecule has 0 fully saturated rings. The van der Waals surface area contributed by atoms with E-state index in [0.717, 1.165) is 28.5 Å². The summed E-state index contributed by atoms with van der Waals surface area (Å²) in [5.41, 5.74) is 8.31. The number of hydrogen-bond donors (Lipinski definition) is 1. The molecule has 2 aromatic rings. The van der Waals surface area contributed by atoms with Gasteiger partial charge in [-0.15, -0.1) is 0 Å². The van der Waals surface area contributed by atoms with E-state index in [9.17, 15) is 0 Å². The van der Waals surface area contributed by atoms with Gasteiger partial charge in [-0.05, 0) is 24.3 Å². The Bertz CT molecular complexity index is 658. The highest BCUT2D eigenvalue weighted by atomic mass is 16.6. The van der Waals surface area contributed by atoms with Gasteiger partial charge in [-0.3, -0.25) is 0 Å². The van der Waals surface area contributed by atoms with Crippen LogP contribution in [0, 0.1) is 0 Å². The second-order valence-electron chi connectivity index (χ2n) is 5.00. The molecule has 0 saturated carbocycles. The van der Waals surface area contributed by atoms with Crippen LogP contribution >= 0.6 is 0 Å². The molecule has 0 atom stereocenters. The minimum atomic E-state index is 0.376. The quantitative estimate of drug-likeness (QED) is 0.920. The maximum Gasteiger partial charge on any atom is 0.225 e. The fraction of sp³-hybridized carbons (Fsp3) is 0.333. The van der Waals surface area contributed by atoms with Crippen LogP contribution in [-0.2, 0) is 6.54 Å². The van der Waals surface area contributed by atoms with Crippen LogP contribution < -0.4 is 20.1 Å². The van der Waals surface area contributed by atoms with Crippen LogP contribution in [-0.4, -0.2) is 37.3 Å². The Labute approximate surface area is 123 Å². The zero-order valence-corrected chi connectivity index (χ0v) is 12.2. The molecule has 3 rings (SSSR count). The van der Waals surface area contributed by atoms with Crippen LogP contribution in [0.25, 0.3) is 11.3 Å². The topological polar surface area (TPSA) is 73.5 Å². The summed E-state index contributed by atoms with van der Waals surface area (Å²) in [7, 11) is 3.81. The van der Waals surface area contributed by atoms with Gasteiger partial charge in [-0.1, -0.05) is 0 Å². The standard InChI is InChI=1S/C15H18N4O2/c1-19(2)15-17-11(9-16)8-12(18-15)10-3-4-13-14(7-10)21-6-5-20-13/h3-4,7-8H,5-6,9,16H2,1-2H3. The summed E-state index contributed by atoms with van der Waals surface area (Å²) in [5.74, 6) is 2.16. The van der Waals surface area contributed by atoms with Crippen LogP contribution in [0.15, 0.2) is 24.3 Å². The molecule has 6 heteroatoms. The first kappa shape index (κ1) is 13.6. The Balaban J connectivity index is 2.05. The van der Waals surface area contributed by atoms with E-state index in [-0.39, 0.29) is 0 Å². The first-order valence-electron chi connectivity index (χ1n) is 6.83. The van der Waals surface area contributed by atoms with Crippen molar-refractivity contribution in [2.75, 3.05) is 32.2 Å². The Kier molecular flexibility index (Phi) is 3.62. The van der Waals surface area contributed by atoms with Crippen molar-refractivity contribution in [3.05, 3.63) is 30.0 Å². The minimum Gasteiger partial charge on any atom is -0.486 e. The van der Waals surface area contributed by atoms with E-state index in [2.05, 4.69) is 9.97 Å². The van der Waals surface area contributed by atoms with E-state index in [1.54, 1.807) is 0 Å². The van der Waals surface area contributed by atoms with Gasteiger partial charge in [0.2, 0.25) is 5.95 Å². The Hall–Kier alpha value is -2.34. The Morgan fingerprint density at radius 3 is 2.57 bits per heavy atom. The van der Waals surface area contributed by atoms with Crippen molar-refractivity contribution in [1.82, 2.24) is 9.97 Å². The van der Waals surface area contributed by atoms with Crippen LogP contribution in [0.3, 0.4) is 0 Å². The van der Waals surface area contributed by atoms with E-state index in [1.807, 2.05) is 43.3 Å². The summed E-state index contributed by atoms with van der Waals surface area (Å²) >= 11 is 0. The third-order valence-corrected chi connectivity index (χ3v) is 3.21. The van der Waals surface area contributed by atoms with Crippen molar-refractivity contribution in [1.29, 1.82) is 0 Å². The monoisotopic (exact) mass is 286 g/mol. The molecule has 0 spiro atoms. The third kappa shape index (κ3) is 2.75. The van der Waals surface area contributed by atoms with Gasteiger partial charge in [0, 0.05) is 26.2 Å². The normalized spacial score (nSPS) is 13.1. The number of benzene rings is 1. The summed E-state index contributed by atoms with van der Waals surface area (Å²) in [6.45, 7) is 1.53. The van der Waals surface area contributed by atoms with Crippen LogP contribution in [0.5, 0.6) is 11.5 Å². The van der Waals surface area contributed by atoms with Gasteiger partial charge < -0.3 is 20.1 Å². The van der Waals surface area contributed by atoms with E-state index < -0.39 is 0 Å². The first-order valence-corrected chi connectivity index (χ1v) is 6.83. The van der Waals surface area contributed by atoms with E-state index in [4.69, 9.17) is 15.2 Å². The molecule has 0 saturated heterocycles. The van der Waals surface area contributed by atoms with Crippen LogP contribution in [0.2, 0.25) is 0 Å². The van der Waals surface area contributed by atoms with Crippen molar-refractivity contribution in [3.8, 4) is 22.8 Å². The molecule has 1 aromatic carbocycles. The molecule has 1 aliphatic heterocycles. The van der Waals surface area contributed by atoms with Crippen molar-refractivity contribution in [2.45, 2.75) is 6.54 Å². The molecule has 0 aliphatic carbocycles. The van der Waals surface area contributed by atoms with Crippen LogP contribution in [0.4, 0.5) is 5.95 Å². The fourth-order valence-corrected chi connectivity index (χ4v) is 2.14. The predicted molar refractivity (Wildman–Crippen MR) is 80.7 cm³/mol. The number of nitrogens with zero attached hydrogens (tertiary/aromatic N) is 3. The smallest absolute Gasteiger partial charge is 0.225 e. The zero-order valence-electron chi connectivity index (χ0n) is 12.2. The third-order valence-electron chi connectivity index (χ3n) is 3.21. The van der Waals surface area contributed by atoms with E-state index in [1.165, 1.54) is 0 Å². The predicted octanol–water partition coefficient (Wildman–Crippen LogP) is 1.44. The summed E-state index contributed by atoms with van der Waals surface area (Å²) < 4.78 is 11.2. The highest BCUT2D eigenvalue weighted by molar-refractivity contribution is 5.65. The highest BCUT2D eigenvalue weighted by Gasteiger charge is 2.14. The molecule has 0 amide bonds. The summed E-state index contributed by atoms with van der Waals surface area (Å²) in [6, 6.07) is 7.72. The average molecular weight is 286 g/mol. The number of hydrogen-bond acceptors (Lipinski definition) is 6. The fourth-order valence-electron chi connectivity index (χ4n) is 2.14. The van der Waals surface area contributed by atoms with Crippen molar-refractivity contribution in [2.24, 2.45) is 5.73 Å². The SMILES string of the molecule is CN(C)c1nc(CN)cc(-c2ccc3c(c2)OCCO3)n1. The van der Waals surface area contributed by atoms with Crippen molar-refractivity contribution >= 4 is 5.95 Å². The second-order valence-corrected chi connectivity index (χ2v) is 5.00. The maximum atomic E-state index is 5.72. The summed E-state index contributed by atoms with van der Waals surface area (Å²) in [5, 5.41) is 0. The largest absolute Gasteiger partial charge is 0.486 e. The van der Waals surface area contributed by atoms with Gasteiger partial charge in [0.05, 0.1) is 11.4 Å². The molecule has 1 aliphatic rings. The van der Waals surface area contributed by atoms with Crippen molar-refractivity contribution in [3.63, 3.8) is 0 Å². The van der Waals surface area contributed by atoms with Gasteiger partial charge in [0.25, 0.3) is 0 Å². The number of anilines is 1. The molecule has 0 bridgehead atoms. The van der Waals surface area contributed by atoms with Gasteiger partial charge >= 0.3 is 0 Å². The zero-order chi connectivity index (χ0) is 14.8. The van der Waals surface area contributed by atoms with E-state index >= 15 is 0 Å². The molecule has 1 aromatic heterocycles. The van der Waals surface area contributed by atoms with Crippen molar-refractivity contribution < 1.29 is 9.47 Å². The number of ether oxygens (including phenoxy) is 2. The van der Waals surface area contributed by atoms with Gasteiger partial charge in [0.1, 0.15) is 13.2 Å². The Morgan fingerprint density at radius 2 is 1.86 bits per heavy atom. The number of nitrogens with two attached hydrogens (primary N) is 1. The first-order chi connectivity index (χ1) is 10.2. The Morgan fingerprint density at radius 1 is 1.10 bits per heavy atom. The number of rotatable bonds is 3. The molecule has 0 radical (unpaired) electrons. The number of aromatic nitrogens is 2. The lowest BCUT2D eigenvalue weighted by Crippen LogP contribution is -2.16. The lowest BCUT2D eigenvalue weighted by molar-refractivity contribution is 0.171. The van der Waals surface area contributed by atoms with Crippen LogP contribution in [0.1, 0.15) is 5.69 Å². The van der Waals surface area contributed by atoms with Gasteiger partial charge in [-0.2, -0.15) is 0 Å². The lowest BCUT2D eigenvalue weighted by Gasteiger charge is -2.19. The molecular weight excluding hydrogens is 268 g/mol. The number of fused-ring (bicyclic) bond motifs is 1. The minimum absolute atomic E-state index is 0.376. The van der Waals surface area contributed by atoms with Gasteiger partial charge in [0.15, 0.2) is 11.5 Å². The molecule has 21 heavy (non-hydrogen) atoms. The molecule has 0 unspecified atom stereocenters. The lowest BCUT2D eigenvalue weighted by atomic mass is 10.1. The molecule has 6 nitrogen and oxygen atoms in total. The average Bonchev–Trinajstić information content (AvgIpc) is 2.53. The highest BCUT2D eigenvalue weighted by Crippen LogP contribution is 2.34. The summed E-state index contributed by atoms with van der Waals surface area (Å²) in [4.78, 5) is 10.8. The maximum absolute atomic E-state index is 5.72. The molecule has 110 valence electrons. The molecular formula is C15H18N4O2. The second kappa shape index (κ2) is 5.57.